The van der Waals surface area contributed by atoms with E-state index in [0.717, 1.165) is 6.42 Å². The van der Waals surface area contributed by atoms with Crippen LogP contribution in [-0.2, 0) is 16.6 Å². The first-order chi connectivity index (χ1) is 9.23. The molecule has 0 amide bonds. The van der Waals surface area contributed by atoms with Gasteiger partial charge in [0.2, 0.25) is 10.0 Å². The minimum Gasteiger partial charge on any atom is -0.392 e. The van der Waals surface area contributed by atoms with Gasteiger partial charge in [0.25, 0.3) is 0 Å². The van der Waals surface area contributed by atoms with Crippen LogP contribution in [0.3, 0.4) is 0 Å². The van der Waals surface area contributed by atoms with Gasteiger partial charge < -0.3 is 5.11 Å². The summed E-state index contributed by atoms with van der Waals surface area (Å²) in [7, 11) is -2.17. The Balaban J connectivity index is 3.21. The average Bonchev–Trinajstić information content (AvgIpc) is 2.38. The monoisotopic (exact) mass is 339 g/mol. The maximum atomic E-state index is 12.5. The highest BCUT2D eigenvalue weighted by Crippen LogP contribution is 2.30. The fourth-order valence-electron chi connectivity index (χ4n) is 1.72. The molecule has 0 aromatic heterocycles. The molecule has 0 fully saturated rings. The summed E-state index contributed by atoms with van der Waals surface area (Å²) >= 11 is 11.9. The van der Waals surface area contributed by atoms with Crippen molar-refractivity contribution in [3.63, 3.8) is 0 Å². The van der Waals surface area contributed by atoms with Crippen LogP contribution in [0.1, 0.15) is 25.8 Å². The van der Waals surface area contributed by atoms with E-state index >= 15 is 0 Å². The number of hydrogen-bond donors (Lipinski definition) is 1. The van der Waals surface area contributed by atoms with Gasteiger partial charge in [-0.2, -0.15) is 0 Å². The molecule has 1 aromatic rings. The second-order valence-electron chi connectivity index (χ2n) is 4.83. The smallest absolute Gasteiger partial charge is 0.244 e. The first kappa shape index (κ1) is 17.7. The number of rotatable bonds is 6. The van der Waals surface area contributed by atoms with Gasteiger partial charge in [-0.25, -0.2) is 12.7 Å². The summed E-state index contributed by atoms with van der Waals surface area (Å²) in [5.41, 5.74) is 0.339. The molecule has 0 aliphatic carbocycles. The molecule has 0 bridgehead atoms. The molecule has 1 rings (SSSR count). The molecule has 1 aromatic carbocycles. The number of aliphatic hydroxyl groups is 1. The van der Waals surface area contributed by atoms with Gasteiger partial charge >= 0.3 is 0 Å². The number of benzene rings is 1. The van der Waals surface area contributed by atoms with Gasteiger partial charge in [0.05, 0.1) is 11.6 Å². The Bertz CT molecular complexity index is 575. The first-order valence-electron chi connectivity index (χ1n) is 6.29. The lowest BCUT2D eigenvalue weighted by Gasteiger charge is -2.21. The van der Waals surface area contributed by atoms with Crippen LogP contribution in [0.4, 0.5) is 0 Å². The number of nitrogens with zero attached hydrogens (tertiary/aromatic N) is 1. The van der Waals surface area contributed by atoms with E-state index < -0.39 is 10.0 Å². The highest BCUT2D eigenvalue weighted by Gasteiger charge is 2.25. The van der Waals surface area contributed by atoms with E-state index in [4.69, 9.17) is 23.2 Å². The SMILES string of the molecule is CCC(C)CN(C)S(=O)(=O)c1cc(CO)c(Cl)cc1Cl. The van der Waals surface area contributed by atoms with Gasteiger partial charge in [0, 0.05) is 18.6 Å². The van der Waals surface area contributed by atoms with Crippen LogP contribution in [0.2, 0.25) is 10.0 Å². The molecule has 0 aliphatic rings. The Kier molecular flexibility index (Phi) is 6.28. The lowest BCUT2D eigenvalue weighted by Crippen LogP contribution is -2.31. The quantitative estimate of drug-likeness (QED) is 0.865. The molecule has 0 saturated carbocycles. The third-order valence-corrected chi connectivity index (χ3v) is 5.87. The van der Waals surface area contributed by atoms with Crippen LogP contribution in [0.15, 0.2) is 17.0 Å². The van der Waals surface area contributed by atoms with E-state index in [-0.39, 0.29) is 27.5 Å². The van der Waals surface area contributed by atoms with E-state index in [1.165, 1.54) is 23.5 Å². The normalized spacial score (nSPS) is 13.8. The predicted octanol–water partition coefficient (Wildman–Crippen LogP) is 3.15. The number of sulfonamides is 1. The van der Waals surface area contributed by atoms with Crippen LogP contribution in [0, 0.1) is 5.92 Å². The largest absolute Gasteiger partial charge is 0.392 e. The molecular formula is C13H19Cl2NO3S. The van der Waals surface area contributed by atoms with Crippen molar-refractivity contribution in [2.24, 2.45) is 5.92 Å². The predicted molar refractivity (Wildman–Crippen MR) is 81.7 cm³/mol. The Labute approximate surface area is 130 Å². The molecule has 7 heteroatoms. The van der Waals surface area contributed by atoms with Crippen molar-refractivity contribution in [3.05, 3.63) is 27.7 Å². The maximum Gasteiger partial charge on any atom is 0.244 e. The average molecular weight is 340 g/mol. The molecule has 0 aliphatic heterocycles. The molecule has 0 spiro atoms. The van der Waals surface area contributed by atoms with Crippen molar-refractivity contribution >= 4 is 33.2 Å². The van der Waals surface area contributed by atoms with Crippen molar-refractivity contribution in [1.29, 1.82) is 0 Å². The highest BCUT2D eigenvalue weighted by molar-refractivity contribution is 7.89. The topological polar surface area (TPSA) is 57.6 Å². The second-order valence-corrected chi connectivity index (χ2v) is 7.66. The molecule has 0 heterocycles. The zero-order chi connectivity index (χ0) is 15.5. The molecule has 20 heavy (non-hydrogen) atoms. The maximum absolute atomic E-state index is 12.5. The van der Waals surface area contributed by atoms with Crippen molar-refractivity contribution in [1.82, 2.24) is 4.31 Å². The van der Waals surface area contributed by atoms with Crippen molar-refractivity contribution in [2.45, 2.75) is 31.8 Å². The molecule has 0 saturated heterocycles. The lowest BCUT2D eigenvalue weighted by molar-refractivity contribution is 0.281. The fourth-order valence-corrected chi connectivity index (χ4v) is 3.84. The summed E-state index contributed by atoms with van der Waals surface area (Å²) in [5, 5.41) is 9.50. The summed E-state index contributed by atoms with van der Waals surface area (Å²) in [5.74, 6) is 0.248. The molecule has 4 nitrogen and oxygen atoms in total. The van der Waals surface area contributed by atoms with Crippen molar-refractivity contribution in [3.8, 4) is 0 Å². The van der Waals surface area contributed by atoms with E-state index in [9.17, 15) is 13.5 Å². The third-order valence-electron chi connectivity index (χ3n) is 3.23. The van der Waals surface area contributed by atoms with Gasteiger partial charge in [-0.3, -0.25) is 0 Å². The number of halogens is 2. The summed E-state index contributed by atoms with van der Waals surface area (Å²) in [6, 6.07) is 2.67. The zero-order valence-electron chi connectivity index (χ0n) is 11.7. The molecule has 1 unspecified atom stereocenters. The van der Waals surface area contributed by atoms with Gasteiger partial charge in [-0.05, 0) is 23.6 Å². The van der Waals surface area contributed by atoms with E-state index in [1.807, 2.05) is 13.8 Å². The van der Waals surface area contributed by atoms with E-state index in [2.05, 4.69) is 0 Å². The van der Waals surface area contributed by atoms with Gasteiger partial charge in [0.15, 0.2) is 0 Å². The van der Waals surface area contributed by atoms with E-state index in [1.54, 1.807) is 0 Å². The molecule has 0 radical (unpaired) electrons. The second kappa shape index (κ2) is 7.09. The van der Waals surface area contributed by atoms with Crippen LogP contribution < -0.4 is 0 Å². The van der Waals surface area contributed by atoms with Gasteiger partial charge in [0.1, 0.15) is 4.90 Å². The van der Waals surface area contributed by atoms with Crippen LogP contribution >= 0.6 is 23.2 Å². The third kappa shape index (κ3) is 3.86. The summed E-state index contributed by atoms with van der Waals surface area (Å²) < 4.78 is 26.3. The summed E-state index contributed by atoms with van der Waals surface area (Å²) in [4.78, 5) is -0.0292. The molecule has 1 N–H and O–H groups in total. The minimum atomic E-state index is -3.69. The Morgan fingerprint density at radius 1 is 1.30 bits per heavy atom. The summed E-state index contributed by atoms with van der Waals surface area (Å²) in [6.07, 6.45) is 0.885. The minimum absolute atomic E-state index is 0.0292. The van der Waals surface area contributed by atoms with Crippen molar-refractivity contribution < 1.29 is 13.5 Å². The van der Waals surface area contributed by atoms with Gasteiger partial charge in [-0.15, -0.1) is 0 Å². The van der Waals surface area contributed by atoms with Gasteiger partial charge in [-0.1, -0.05) is 43.5 Å². The molecule has 114 valence electrons. The van der Waals surface area contributed by atoms with Crippen molar-refractivity contribution in [2.75, 3.05) is 13.6 Å². The fraction of sp³-hybridized carbons (Fsp3) is 0.538. The van der Waals surface area contributed by atoms with Crippen LogP contribution in [0.25, 0.3) is 0 Å². The lowest BCUT2D eigenvalue weighted by atomic mass is 10.1. The molecular weight excluding hydrogens is 321 g/mol. The zero-order valence-corrected chi connectivity index (χ0v) is 14.1. The Hall–Kier alpha value is -0.330. The Morgan fingerprint density at radius 2 is 1.90 bits per heavy atom. The van der Waals surface area contributed by atoms with E-state index in [0.29, 0.717) is 12.1 Å². The number of hydrogen-bond acceptors (Lipinski definition) is 3. The first-order valence-corrected chi connectivity index (χ1v) is 8.48. The summed E-state index contributed by atoms with van der Waals surface area (Å²) in [6.45, 7) is 4.05. The van der Waals surface area contributed by atoms with Crippen LogP contribution in [-0.4, -0.2) is 31.4 Å². The standard InChI is InChI=1S/C13H19Cl2NO3S/c1-4-9(2)7-16(3)20(18,19)13-5-10(8-17)11(14)6-12(13)15/h5-6,9,17H,4,7-8H2,1-3H3. The number of aliphatic hydroxyl groups excluding tert-OH is 1. The molecule has 1 atom stereocenters. The van der Waals surface area contributed by atoms with Crippen LogP contribution in [0.5, 0.6) is 0 Å². The highest BCUT2D eigenvalue weighted by atomic mass is 35.5. The Morgan fingerprint density at radius 3 is 2.40 bits per heavy atom.